The van der Waals surface area contributed by atoms with Crippen molar-refractivity contribution in [2.45, 2.75) is 11.9 Å². The number of ketones is 1. The molecule has 0 amide bonds. The molecule has 2 aromatic rings. The molecule has 0 spiro atoms. The number of pyridine rings is 1. The Morgan fingerprint density at radius 2 is 2.00 bits per heavy atom. The van der Waals surface area contributed by atoms with Crippen molar-refractivity contribution in [2.75, 3.05) is 11.4 Å². The fraction of sp³-hybridized carbons (Fsp3) is 0.0952. The number of benzene rings is 1. The molecule has 1 aromatic heterocycles. The number of nitriles is 1. The Morgan fingerprint density at radius 3 is 2.69 bits per heavy atom. The first kappa shape index (κ1) is 22.6. The Labute approximate surface area is 183 Å². The second-order valence-corrected chi connectivity index (χ2v) is 8.14. The molecule has 0 atom stereocenters. The van der Waals surface area contributed by atoms with Gasteiger partial charge in [0.15, 0.2) is 10.8 Å². The first-order valence-corrected chi connectivity index (χ1v) is 10.7. The smallest absolute Gasteiger partial charge is 0.279 e. The summed E-state index contributed by atoms with van der Waals surface area (Å²) in [4.78, 5) is 16.8. The number of nitrogens with zero attached hydrogens (tertiary/aromatic N) is 2. The van der Waals surface area contributed by atoms with E-state index in [4.69, 9.17) is 0 Å². The predicted octanol–water partition coefficient (Wildman–Crippen LogP) is 2.73. The van der Waals surface area contributed by atoms with Crippen molar-refractivity contribution >= 4 is 21.5 Å². The van der Waals surface area contributed by atoms with Gasteiger partial charge < -0.3 is 10.6 Å². The van der Waals surface area contributed by atoms with Crippen LogP contribution in [-0.4, -0.2) is 25.9 Å². The largest absolute Gasteiger partial charge is 0.374 e. The summed E-state index contributed by atoms with van der Waals surface area (Å²) in [7, 11) is -4.29. The molecule has 0 saturated heterocycles. The zero-order chi connectivity index (χ0) is 23.3. The summed E-state index contributed by atoms with van der Waals surface area (Å²) in [6.07, 6.45) is 5.39. The Morgan fingerprint density at radius 1 is 1.22 bits per heavy atom. The van der Waals surface area contributed by atoms with Gasteiger partial charge in [-0.3, -0.25) is 9.52 Å². The van der Waals surface area contributed by atoms with E-state index in [-0.39, 0.29) is 28.4 Å². The third-order valence-corrected chi connectivity index (χ3v) is 5.75. The topological polar surface area (TPSA) is 124 Å². The van der Waals surface area contributed by atoms with Gasteiger partial charge in [0.1, 0.15) is 5.82 Å². The maximum absolute atomic E-state index is 15.2. The number of Topliss-reactive ketones (excluding diaryl/α,β-unsaturated/α-hetero) is 1. The molecular formula is C21H17F2N5O3S. The minimum atomic E-state index is -4.29. The van der Waals surface area contributed by atoms with Crippen LogP contribution in [0, 0.1) is 23.0 Å². The van der Waals surface area contributed by atoms with Gasteiger partial charge in [-0.1, -0.05) is 6.07 Å². The lowest BCUT2D eigenvalue weighted by atomic mass is 9.94. The molecule has 3 rings (SSSR count). The van der Waals surface area contributed by atoms with Crippen LogP contribution >= 0.6 is 0 Å². The number of hydrogen-bond acceptors (Lipinski definition) is 7. The van der Waals surface area contributed by atoms with Crippen LogP contribution in [0.4, 0.5) is 14.5 Å². The monoisotopic (exact) mass is 457 g/mol. The highest BCUT2D eigenvalue weighted by Gasteiger charge is 2.27. The lowest BCUT2D eigenvalue weighted by Gasteiger charge is -2.14. The second kappa shape index (κ2) is 9.40. The van der Waals surface area contributed by atoms with Crippen LogP contribution in [0.25, 0.3) is 0 Å². The van der Waals surface area contributed by atoms with Crippen LogP contribution < -0.4 is 15.4 Å². The van der Waals surface area contributed by atoms with Gasteiger partial charge in [0, 0.05) is 18.0 Å². The van der Waals surface area contributed by atoms with E-state index < -0.39 is 38.7 Å². The van der Waals surface area contributed by atoms with Crippen molar-refractivity contribution in [3.63, 3.8) is 0 Å². The number of carbonyl (C=O) groups excluding carboxylic acids is 1. The van der Waals surface area contributed by atoms with Crippen LogP contribution in [0.3, 0.4) is 0 Å². The number of carbonyl (C=O) groups is 1. The molecule has 1 aliphatic rings. The molecule has 164 valence electrons. The summed E-state index contributed by atoms with van der Waals surface area (Å²) in [5.74, 6) is -3.64. The summed E-state index contributed by atoms with van der Waals surface area (Å²) in [5, 5.41) is 14.6. The summed E-state index contributed by atoms with van der Waals surface area (Å²) in [5.41, 5.74) is -1.46. The molecule has 1 aromatic carbocycles. The van der Waals surface area contributed by atoms with E-state index >= 15 is 4.39 Å². The molecule has 0 saturated carbocycles. The number of nitrogens with one attached hydrogen (secondary N) is 3. The highest BCUT2D eigenvalue weighted by molar-refractivity contribution is 7.92. The average Bonchev–Trinajstić information content (AvgIpc) is 2.86. The molecule has 3 N–H and O–H groups in total. The van der Waals surface area contributed by atoms with Crippen molar-refractivity contribution in [1.82, 2.24) is 15.6 Å². The van der Waals surface area contributed by atoms with Crippen molar-refractivity contribution in [2.24, 2.45) is 0 Å². The molecule has 1 aliphatic heterocycles. The third-order valence-electron chi connectivity index (χ3n) is 4.47. The van der Waals surface area contributed by atoms with Crippen LogP contribution in [0.15, 0.2) is 76.7 Å². The first-order valence-electron chi connectivity index (χ1n) is 9.17. The van der Waals surface area contributed by atoms with Crippen LogP contribution in [-0.2, 0) is 10.0 Å². The highest BCUT2D eigenvalue weighted by atomic mass is 32.2. The molecule has 8 nitrogen and oxygen atoms in total. The normalized spacial score (nSPS) is 19.0. The molecule has 0 radical (unpaired) electrons. The lowest BCUT2D eigenvalue weighted by Crippen LogP contribution is -2.22. The molecular weight excluding hydrogens is 440 g/mol. The number of halogens is 2. The van der Waals surface area contributed by atoms with Gasteiger partial charge >= 0.3 is 0 Å². The van der Waals surface area contributed by atoms with E-state index in [2.05, 4.69) is 15.6 Å². The van der Waals surface area contributed by atoms with E-state index in [9.17, 15) is 22.9 Å². The Hall–Kier alpha value is -4.04. The van der Waals surface area contributed by atoms with Crippen molar-refractivity contribution in [1.29, 1.82) is 5.26 Å². The minimum absolute atomic E-state index is 0.105. The lowest BCUT2D eigenvalue weighted by molar-refractivity contribution is 0.102. The third kappa shape index (κ3) is 4.65. The minimum Gasteiger partial charge on any atom is -0.374 e. The van der Waals surface area contributed by atoms with E-state index in [1.165, 1.54) is 49.8 Å². The van der Waals surface area contributed by atoms with Gasteiger partial charge in [-0.2, -0.15) is 13.7 Å². The zero-order valence-electron chi connectivity index (χ0n) is 16.7. The average molecular weight is 457 g/mol. The van der Waals surface area contributed by atoms with Gasteiger partial charge in [-0.15, -0.1) is 0 Å². The van der Waals surface area contributed by atoms with Crippen molar-refractivity contribution < 1.29 is 22.0 Å². The van der Waals surface area contributed by atoms with E-state index in [0.29, 0.717) is 0 Å². The van der Waals surface area contributed by atoms with E-state index in [0.717, 1.165) is 12.1 Å². The Bertz CT molecular complexity index is 1300. The number of allylic oxidation sites excluding steroid dienone is 4. The fourth-order valence-corrected chi connectivity index (χ4v) is 3.83. The van der Waals surface area contributed by atoms with Gasteiger partial charge in [0.05, 0.1) is 29.6 Å². The van der Waals surface area contributed by atoms with Crippen LogP contribution in [0.2, 0.25) is 0 Å². The maximum atomic E-state index is 15.2. The number of aromatic nitrogens is 1. The standard InChI is InChI=1S/C21H17F2N5O3S/c1-13-14(10-24)7-9-25-12-26-11-15(13)21(29)19-16(22)5-6-17(20(19)23)28-32(30,31)18-4-2-3-8-27-18/h2-9,11,25-26,28H,12H2,1H3/b9-7-,14-13-,15-11+. The molecule has 2 heterocycles. The zero-order valence-corrected chi connectivity index (χ0v) is 17.5. The predicted molar refractivity (Wildman–Crippen MR) is 112 cm³/mol. The SMILES string of the molecule is CC1=C(C#N)\C=C/NCN/C=C\1C(=O)c1c(F)ccc(NS(=O)(=O)c2ccccn2)c1F. The Balaban J connectivity index is 2.07. The second-order valence-electron chi connectivity index (χ2n) is 6.51. The van der Waals surface area contributed by atoms with Gasteiger partial charge in [-0.05, 0) is 49.0 Å². The highest BCUT2D eigenvalue weighted by Crippen LogP contribution is 2.28. The van der Waals surface area contributed by atoms with E-state index in [1.807, 2.05) is 10.8 Å². The van der Waals surface area contributed by atoms with Crippen LogP contribution in [0.1, 0.15) is 17.3 Å². The van der Waals surface area contributed by atoms with Gasteiger partial charge in [0.25, 0.3) is 10.0 Å². The van der Waals surface area contributed by atoms with Crippen molar-refractivity contribution in [3.8, 4) is 6.07 Å². The molecule has 11 heteroatoms. The number of sulfonamides is 1. The molecule has 0 aliphatic carbocycles. The van der Waals surface area contributed by atoms with Crippen molar-refractivity contribution in [3.05, 3.63) is 88.9 Å². The van der Waals surface area contributed by atoms with E-state index in [1.54, 1.807) is 0 Å². The number of hydrogen-bond donors (Lipinski definition) is 3. The first-order chi connectivity index (χ1) is 15.3. The Kier molecular flexibility index (Phi) is 6.65. The molecule has 0 unspecified atom stereocenters. The summed E-state index contributed by atoms with van der Waals surface area (Å²) >= 11 is 0. The quantitative estimate of drug-likeness (QED) is 0.590. The molecule has 0 bridgehead atoms. The van der Waals surface area contributed by atoms with Gasteiger partial charge in [-0.25, -0.2) is 13.8 Å². The van der Waals surface area contributed by atoms with Gasteiger partial charge in [0.2, 0.25) is 5.78 Å². The fourth-order valence-electron chi connectivity index (χ4n) is 2.83. The summed E-state index contributed by atoms with van der Waals surface area (Å²) in [6.45, 7) is 1.65. The maximum Gasteiger partial charge on any atom is 0.279 e. The summed E-state index contributed by atoms with van der Waals surface area (Å²) < 4.78 is 56.7. The molecule has 32 heavy (non-hydrogen) atoms. The number of anilines is 1. The summed E-state index contributed by atoms with van der Waals surface area (Å²) in [6, 6.07) is 7.70. The number of rotatable bonds is 5. The molecule has 0 fully saturated rings. The van der Waals surface area contributed by atoms with Crippen LogP contribution in [0.5, 0.6) is 0 Å².